The molecular weight excluding hydrogens is 350 g/mol. The largest absolute Gasteiger partial charge is 0.325 e. The third kappa shape index (κ3) is 5.42. The molecule has 2 N–H and O–H groups in total. The predicted octanol–water partition coefficient (Wildman–Crippen LogP) is 4.21. The summed E-state index contributed by atoms with van der Waals surface area (Å²) in [5.74, 6) is -0.102. The fourth-order valence-electron chi connectivity index (χ4n) is 3.65. The number of hydrogen-bond acceptors (Lipinski definition) is 3. The van der Waals surface area contributed by atoms with Crippen LogP contribution in [0.15, 0.2) is 54.6 Å². The smallest absolute Gasteiger partial charge is 0.258 e. The van der Waals surface area contributed by atoms with Gasteiger partial charge in [0.2, 0.25) is 5.91 Å². The van der Waals surface area contributed by atoms with E-state index in [1.807, 2.05) is 37.3 Å². The molecule has 2 aromatic carbocycles. The van der Waals surface area contributed by atoms with Crippen molar-refractivity contribution in [3.05, 3.63) is 60.2 Å². The van der Waals surface area contributed by atoms with Crippen molar-refractivity contribution in [1.29, 1.82) is 0 Å². The molecule has 0 unspecified atom stereocenters. The lowest BCUT2D eigenvalue weighted by molar-refractivity contribution is -0.115. The number of rotatable bonds is 7. The molecule has 0 radical (unpaired) electrons. The van der Waals surface area contributed by atoms with E-state index < -0.39 is 0 Å². The van der Waals surface area contributed by atoms with Crippen LogP contribution in [0.1, 0.15) is 49.4 Å². The summed E-state index contributed by atoms with van der Waals surface area (Å²) in [6.07, 6.45) is 6.09. The van der Waals surface area contributed by atoms with Crippen LogP contribution in [-0.4, -0.2) is 30.9 Å². The van der Waals surface area contributed by atoms with Crippen LogP contribution >= 0.6 is 0 Å². The summed E-state index contributed by atoms with van der Waals surface area (Å²) >= 11 is 0. The fraction of sp³-hybridized carbons (Fsp3) is 0.391. The Morgan fingerprint density at radius 2 is 1.64 bits per heavy atom. The van der Waals surface area contributed by atoms with Gasteiger partial charge in [0.15, 0.2) is 0 Å². The van der Waals surface area contributed by atoms with Crippen LogP contribution in [0.5, 0.6) is 0 Å². The highest BCUT2D eigenvalue weighted by molar-refractivity contribution is 6.06. The number of nitrogens with zero attached hydrogens (tertiary/aromatic N) is 1. The lowest BCUT2D eigenvalue weighted by Crippen LogP contribution is -2.37. The second-order valence-electron chi connectivity index (χ2n) is 7.23. The van der Waals surface area contributed by atoms with Gasteiger partial charge in [-0.05, 0) is 56.2 Å². The fourth-order valence-corrected chi connectivity index (χ4v) is 3.65. The number of amides is 2. The molecule has 5 heteroatoms. The van der Waals surface area contributed by atoms with E-state index in [-0.39, 0.29) is 11.8 Å². The summed E-state index contributed by atoms with van der Waals surface area (Å²) in [6.45, 7) is 2.87. The number of hydrogen-bond donors (Lipinski definition) is 2. The zero-order valence-electron chi connectivity index (χ0n) is 16.5. The molecule has 148 valence electrons. The Morgan fingerprint density at radius 1 is 0.964 bits per heavy atom. The van der Waals surface area contributed by atoms with Crippen molar-refractivity contribution in [3.8, 4) is 0 Å². The van der Waals surface area contributed by atoms with Crippen molar-refractivity contribution in [2.75, 3.05) is 23.3 Å². The molecule has 0 aromatic heterocycles. The first kappa shape index (κ1) is 20.1. The van der Waals surface area contributed by atoms with Crippen molar-refractivity contribution >= 4 is 23.2 Å². The molecule has 0 heterocycles. The minimum Gasteiger partial charge on any atom is -0.325 e. The van der Waals surface area contributed by atoms with Gasteiger partial charge in [-0.3, -0.25) is 9.59 Å². The van der Waals surface area contributed by atoms with E-state index in [4.69, 9.17) is 0 Å². The zero-order chi connectivity index (χ0) is 19.8. The molecule has 0 aliphatic heterocycles. The predicted molar refractivity (Wildman–Crippen MR) is 114 cm³/mol. The first-order valence-corrected chi connectivity index (χ1v) is 10.2. The summed E-state index contributed by atoms with van der Waals surface area (Å²) in [5, 5.41) is 6.24. The Morgan fingerprint density at radius 3 is 2.29 bits per heavy atom. The van der Waals surface area contributed by atoms with Crippen molar-refractivity contribution in [3.63, 3.8) is 0 Å². The minimum atomic E-state index is -0.0517. The summed E-state index contributed by atoms with van der Waals surface area (Å²) in [5.41, 5.74) is 2.18. The second-order valence-corrected chi connectivity index (χ2v) is 7.23. The Hall–Kier alpha value is -2.66. The van der Waals surface area contributed by atoms with Crippen LogP contribution in [0, 0.1) is 0 Å². The molecule has 1 aliphatic carbocycles. The maximum absolute atomic E-state index is 12.8. The third-order valence-corrected chi connectivity index (χ3v) is 5.20. The SMILES string of the molecule is CCN(C(=O)c1ccc(NC(=O)CNC2CCCCC2)cc1)c1ccccc1. The first-order valence-electron chi connectivity index (χ1n) is 10.2. The van der Waals surface area contributed by atoms with E-state index >= 15 is 0 Å². The van der Waals surface area contributed by atoms with Gasteiger partial charge in [-0.2, -0.15) is 0 Å². The summed E-state index contributed by atoms with van der Waals surface area (Å²) in [7, 11) is 0. The van der Waals surface area contributed by atoms with Gasteiger partial charge in [0.05, 0.1) is 6.54 Å². The molecular formula is C23H29N3O2. The zero-order valence-corrected chi connectivity index (χ0v) is 16.5. The Kier molecular flexibility index (Phi) is 7.20. The van der Waals surface area contributed by atoms with Crippen molar-refractivity contribution in [2.45, 2.75) is 45.1 Å². The monoisotopic (exact) mass is 379 g/mol. The Balaban J connectivity index is 1.55. The van der Waals surface area contributed by atoms with Crippen molar-refractivity contribution in [1.82, 2.24) is 5.32 Å². The molecule has 1 aliphatic rings. The van der Waals surface area contributed by atoms with Crippen LogP contribution in [-0.2, 0) is 4.79 Å². The van der Waals surface area contributed by atoms with E-state index in [2.05, 4.69) is 10.6 Å². The molecule has 0 saturated heterocycles. The summed E-state index contributed by atoms with van der Waals surface area (Å²) in [4.78, 5) is 26.7. The highest BCUT2D eigenvalue weighted by atomic mass is 16.2. The Bertz CT molecular complexity index is 768. The van der Waals surface area contributed by atoms with Gasteiger partial charge >= 0.3 is 0 Å². The standard InChI is InChI=1S/C23H29N3O2/c1-2-26(21-11-7-4-8-12-21)23(28)18-13-15-20(16-14-18)25-22(27)17-24-19-9-5-3-6-10-19/h4,7-8,11-16,19,24H,2-3,5-6,9-10,17H2,1H3,(H,25,27). The van der Waals surface area contributed by atoms with Gasteiger partial charge in [0, 0.05) is 29.5 Å². The molecule has 0 spiro atoms. The van der Waals surface area contributed by atoms with E-state index in [1.54, 1.807) is 29.2 Å². The van der Waals surface area contributed by atoms with Gasteiger partial charge in [0.25, 0.3) is 5.91 Å². The van der Waals surface area contributed by atoms with Gasteiger partial charge in [-0.1, -0.05) is 37.5 Å². The van der Waals surface area contributed by atoms with Crippen LogP contribution in [0.4, 0.5) is 11.4 Å². The normalized spacial score (nSPS) is 14.5. The summed E-state index contributed by atoms with van der Waals surface area (Å²) < 4.78 is 0. The van der Waals surface area contributed by atoms with Crippen LogP contribution in [0.3, 0.4) is 0 Å². The number of carbonyl (C=O) groups is 2. The van der Waals surface area contributed by atoms with Crippen molar-refractivity contribution < 1.29 is 9.59 Å². The Labute approximate surface area is 167 Å². The lowest BCUT2D eigenvalue weighted by atomic mass is 9.95. The molecule has 5 nitrogen and oxygen atoms in total. The van der Waals surface area contributed by atoms with E-state index in [0.29, 0.717) is 30.4 Å². The molecule has 2 aromatic rings. The van der Waals surface area contributed by atoms with E-state index in [9.17, 15) is 9.59 Å². The molecule has 2 amide bonds. The second kappa shape index (κ2) is 10.0. The maximum atomic E-state index is 12.8. The van der Waals surface area contributed by atoms with Crippen molar-refractivity contribution in [2.24, 2.45) is 0 Å². The highest BCUT2D eigenvalue weighted by Gasteiger charge is 2.16. The molecule has 28 heavy (non-hydrogen) atoms. The van der Waals surface area contributed by atoms with E-state index in [1.165, 1.54) is 19.3 Å². The van der Waals surface area contributed by atoms with Gasteiger partial charge < -0.3 is 15.5 Å². The number of nitrogens with one attached hydrogen (secondary N) is 2. The molecule has 3 rings (SSSR count). The molecule has 1 fully saturated rings. The van der Waals surface area contributed by atoms with Gasteiger partial charge in [-0.15, -0.1) is 0 Å². The third-order valence-electron chi connectivity index (χ3n) is 5.20. The number of anilines is 2. The van der Waals surface area contributed by atoms with Gasteiger partial charge in [-0.25, -0.2) is 0 Å². The number of benzene rings is 2. The number of carbonyl (C=O) groups excluding carboxylic acids is 2. The first-order chi connectivity index (χ1) is 13.7. The topological polar surface area (TPSA) is 61.4 Å². The van der Waals surface area contributed by atoms with Crippen LogP contribution in [0.2, 0.25) is 0 Å². The van der Waals surface area contributed by atoms with E-state index in [0.717, 1.165) is 18.5 Å². The average molecular weight is 380 g/mol. The number of para-hydroxylation sites is 1. The molecule has 0 bridgehead atoms. The van der Waals surface area contributed by atoms with Crippen LogP contribution < -0.4 is 15.5 Å². The molecule has 1 saturated carbocycles. The minimum absolute atomic E-state index is 0.0504. The molecule has 0 atom stereocenters. The van der Waals surface area contributed by atoms with Gasteiger partial charge in [0.1, 0.15) is 0 Å². The van der Waals surface area contributed by atoms with Crippen LogP contribution in [0.25, 0.3) is 0 Å². The highest BCUT2D eigenvalue weighted by Crippen LogP contribution is 2.19. The maximum Gasteiger partial charge on any atom is 0.258 e. The average Bonchev–Trinajstić information content (AvgIpc) is 2.75. The summed E-state index contributed by atoms with van der Waals surface area (Å²) in [6, 6.07) is 17.2. The quantitative estimate of drug-likeness (QED) is 0.757. The lowest BCUT2D eigenvalue weighted by Gasteiger charge is -2.22.